The summed E-state index contributed by atoms with van der Waals surface area (Å²) in [6.45, 7) is 10.3. The first-order valence-electron chi connectivity index (χ1n) is 6.82. The van der Waals surface area contributed by atoms with Crippen LogP contribution in [0.5, 0.6) is 0 Å². The third-order valence-electron chi connectivity index (χ3n) is 4.75. The Morgan fingerprint density at radius 2 is 1.62 bits per heavy atom. The third-order valence-corrected chi connectivity index (χ3v) is 4.75. The average molecular weight is 225 g/mol. The first-order chi connectivity index (χ1) is 7.39. The molecule has 2 heteroatoms. The molecule has 1 aliphatic heterocycles. The van der Waals surface area contributed by atoms with Crippen molar-refractivity contribution in [1.29, 1.82) is 0 Å². The Bertz CT molecular complexity index is 251. The quantitative estimate of drug-likeness (QED) is 0.738. The lowest BCUT2D eigenvalue weighted by atomic mass is 9.72. The predicted octanol–water partition coefficient (Wildman–Crippen LogP) is 3.46. The van der Waals surface area contributed by atoms with E-state index in [-0.39, 0.29) is 5.72 Å². The van der Waals surface area contributed by atoms with Gasteiger partial charge in [0, 0.05) is 5.54 Å². The summed E-state index contributed by atoms with van der Waals surface area (Å²) in [5.74, 6) is 0. The van der Waals surface area contributed by atoms with Gasteiger partial charge in [-0.1, -0.05) is 20.8 Å². The first-order valence-corrected chi connectivity index (χ1v) is 6.82. The molecular formula is C14H27NO. The maximum Gasteiger partial charge on any atom is 0.119 e. The van der Waals surface area contributed by atoms with E-state index in [0.717, 1.165) is 13.0 Å². The zero-order chi connectivity index (χ0) is 11.9. The molecule has 2 rings (SSSR count). The normalized spacial score (nSPS) is 37.5. The summed E-state index contributed by atoms with van der Waals surface area (Å²) in [4.78, 5) is 0. The van der Waals surface area contributed by atoms with Crippen LogP contribution in [0, 0.1) is 5.41 Å². The van der Waals surface area contributed by atoms with Crippen LogP contribution in [-0.4, -0.2) is 17.9 Å². The molecule has 0 amide bonds. The molecule has 1 saturated heterocycles. The van der Waals surface area contributed by atoms with Crippen molar-refractivity contribution in [3.8, 4) is 0 Å². The van der Waals surface area contributed by atoms with Crippen molar-refractivity contribution in [3.63, 3.8) is 0 Å². The molecule has 1 unspecified atom stereocenters. The van der Waals surface area contributed by atoms with Crippen molar-refractivity contribution in [2.75, 3.05) is 6.61 Å². The molecule has 0 aromatic carbocycles. The highest BCUT2D eigenvalue weighted by atomic mass is 16.5. The fourth-order valence-corrected chi connectivity index (χ4v) is 2.99. The summed E-state index contributed by atoms with van der Waals surface area (Å²) in [5, 5.41) is 3.81. The Morgan fingerprint density at radius 1 is 1.00 bits per heavy atom. The van der Waals surface area contributed by atoms with E-state index < -0.39 is 0 Å². The lowest BCUT2D eigenvalue weighted by Gasteiger charge is -2.52. The van der Waals surface area contributed by atoms with Crippen LogP contribution in [0.3, 0.4) is 0 Å². The molecule has 0 radical (unpaired) electrons. The van der Waals surface area contributed by atoms with Gasteiger partial charge in [-0.2, -0.15) is 0 Å². The Morgan fingerprint density at radius 3 is 2.19 bits per heavy atom. The molecule has 0 aromatic heterocycles. The van der Waals surface area contributed by atoms with Crippen molar-refractivity contribution >= 4 is 0 Å². The van der Waals surface area contributed by atoms with E-state index in [1.165, 1.54) is 32.1 Å². The van der Waals surface area contributed by atoms with Crippen LogP contribution in [0.15, 0.2) is 0 Å². The molecule has 0 bridgehead atoms. The summed E-state index contributed by atoms with van der Waals surface area (Å²) in [7, 11) is 0. The largest absolute Gasteiger partial charge is 0.361 e. The second-order valence-electron chi connectivity index (χ2n) is 6.80. The van der Waals surface area contributed by atoms with E-state index in [4.69, 9.17) is 4.74 Å². The minimum atomic E-state index is -0.00146. The van der Waals surface area contributed by atoms with E-state index in [2.05, 4.69) is 33.0 Å². The van der Waals surface area contributed by atoms with Crippen LogP contribution < -0.4 is 5.32 Å². The van der Waals surface area contributed by atoms with E-state index >= 15 is 0 Å². The second kappa shape index (κ2) is 3.99. The van der Waals surface area contributed by atoms with Crippen molar-refractivity contribution in [2.24, 2.45) is 5.41 Å². The number of nitrogens with one attached hydrogen (secondary N) is 1. The SMILES string of the molecule is CCC1(C)CCOC2(CCC(C)(C)CC2)N1. The highest BCUT2D eigenvalue weighted by Crippen LogP contribution is 2.43. The predicted molar refractivity (Wildman–Crippen MR) is 67.4 cm³/mol. The van der Waals surface area contributed by atoms with Crippen molar-refractivity contribution in [3.05, 3.63) is 0 Å². The highest BCUT2D eigenvalue weighted by molar-refractivity contribution is 4.97. The Labute approximate surface area is 100 Å². The first kappa shape index (κ1) is 12.4. The number of rotatable bonds is 1. The summed E-state index contributed by atoms with van der Waals surface area (Å²) in [6.07, 6.45) is 7.25. The summed E-state index contributed by atoms with van der Waals surface area (Å²) >= 11 is 0. The van der Waals surface area contributed by atoms with Crippen LogP contribution in [0.2, 0.25) is 0 Å². The zero-order valence-electron chi connectivity index (χ0n) is 11.4. The fourth-order valence-electron chi connectivity index (χ4n) is 2.99. The highest BCUT2D eigenvalue weighted by Gasteiger charge is 2.45. The number of hydrogen-bond donors (Lipinski definition) is 1. The summed E-state index contributed by atoms with van der Waals surface area (Å²) < 4.78 is 6.09. The lowest BCUT2D eigenvalue weighted by Crippen LogP contribution is -2.63. The Kier molecular flexibility index (Phi) is 3.09. The molecule has 1 saturated carbocycles. The second-order valence-corrected chi connectivity index (χ2v) is 6.80. The van der Waals surface area contributed by atoms with Crippen LogP contribution >= 0.6 is 0 Å². The van der Waals surface area contributed by atoms with Gasteiger partial charge in [-0.3, -0.25) is 5.32 Å². The smallest absolute Gasteiger partial charge is 0.119 e. The van der Waals surface area contributed by atoms with Crippen molar-refractivity contribution in [2.45, 2.75) is 77.5 Å². The number of ether oxygens (including phenoxy) is 1. The van der Waals surface area contributed by atoms with E-state index in [9.17, 15) is 0 Å². The maximum atomic E-state index is 6.09. The van der Waals surface area contributed by atoms with Gasteiger partial charge in [0.1, 0.15) is 5.72 Å². The van der Waals surface area contributed by atoms with E-state index in [1.54, 1.807) is 0 Å². The molecule has 2 aliphatic rings. The van der Waals surface area contributed by atoms with Crippen LogP contribution in [0.25, 0.3) is 0 Å². The van der Waals surface area contributed by atoms with Gasteiger partial charge in [-0.25, -0.2) is 0 Å². The molecule has 2 fully saturated rings. The molecular weight excluding hydrogens is 198 g/mol. The molecule has 1 heterocycles. The van der Waals surface area contributed by atoms with Gasteiger partial charge in [-0.15, -0.1) is 0 Å². The van der Waals surface area contributed by atoms with Gasteiger partial charge in [0.2, 0.25) is 0 Å². The lowest BCUT2D eigenvalue weighted by molar-refractivity contribution is -0.159. The fraction of sp³-hybridized carbons (Fsp3) is 1.00. The van der Waals surface area contributed by atoms with Gasteiger partial charge < -0.3 is 4.74 Å². The molecule has 1 aliphatic carbocycles. The van der Waals surface area contributed by atoms with Gasteiger partial charge in [0.05, 0.1) is 6.61 Å². The van der Waals surface area contributed by atoms with Crippen LogP contribution in [-0.2, 0) is 4.74 Å². The van der Waals surface area contributed by atoms with Crippen LogP contribution in [0.4, 0.5) is 0 Å². The molecule has 94 valence electrons. The molecule has 2 nitrogen and oxygen atoms in total. The van der Waals surface area contributed by atoms with Crippen molar-refractivity contribution < 1.29 is 4.74 Å². The maximum absolute atomic E-state index is 6.09. The standard InChI is InChI=1S/C14H27NO/c1-5-13(4)10-11-16-14(15-13)8-6-12(2,3)7-9-14/h15H,5-11H2,1-4H3. The topological polar surface area (TPSA) is 21.3 Å². The van der Waals surface area contributed by atoms with Crippen LogP contribution in [0.1, 0.15) is 66.2 Å². The zero-order valence-corrected chi connectivity index (χ0v) is 11.4. The monoisotopic (exact) mass is 225 g/mol. The van der Waals surface area contributed by atoms with Gasteiger partial charge in [0.25, 0.3) is 0 Å². The molecule has 0 aromatic rings. The average Bonchev–Trinajstić information content (AvgIpc) is 2.24. The molecule has 1 N–H and O–H groups in total. The molecule has 1 spiro atoms. The van der Waals surface area contributed by atoms with Crippen molar-refractivity contribution in [1.82, 2.24) is 5.32 Å². The summed E-state index contributed by atoms with van der Waals surface area (Å²) in [5.41, 5.74) is 0.800. The van der Waals surface area contributed by atoms with Gasteiger partial charge in [-0.05, 0) is 50.9 Å². The minimum Gasteiger partial charge on any atom is -0.361 e. The molecule has 16 heavy (non-hydrogen) atoms. The minimum absolute atomic E-state index is 0.00146. The van der Waals surface area contributed by atoms with E-state index in [0.29, 0.717) is 11.0 Å². The van der Waals surface area contributed by atoms with Gasteiger partial charge >= 0.3 is 0 Å². The summed E-state index contributed by atoms with van der Waals surface area (Å²) in [6, 6.07) is 0. The number of hydrogen-bond acceptors (Lipinski definition) is 2. The molecule has 1 atom stereocenters. The Balaban J connectivity index is 2.04. The third kappa shape index (κ3) is 2.43. The Hall–Kier alpha value is -0.0800. The van der Waals surface area contributed by atoms with E-state index in [1.807, 2.05) is 0 Å². The van der Waals surface area contributed by atoms with Gasteiger partial charge in [0.15, 0.2) is 0 Å².